The van der Waals surface area contributed by atoms with Crippen molar-refractivity contribution in [1.29, 1.82) is 0 Å². The number of hydrogen-bond donors (Lipinski definition) is 1. The van der Waals surface area contributed by atoms with Crippen LogP contribution in [0.25, 0.3) is 10.8 Å². The summed E-state index contributed by atoms with van der Waals surface area (Å²) in [6.07, 6.45) is 2.79. The van der Waals surface area contributed by atoms with Gasteiger partial charge in [0.25, 0.3) is 0 Å². The number of ether oxygens (including phenoxy) is 2. The van der Waals surface area contributed by atoms with E-state index in [2.05, 4.69) is 43.0 Å². The Morgan fingerprint density at radius 3 is 2.57 bits per heavy atom. The molecule has 0 aliphatic carbocycles. The fraction of sp³-hybridized carbons (Fsp3) is 0.233. The van der Waals surface area contributed by atoms with Gasteiger partial charge in [-0.15, -0.1) is 0 Å². The van der Waals surface area contributed by atoms with Crippen LogP contribution in [0.1, 0.15) is 25.8 Å². The summed E-state index contributed by atoms with van der Waals surface area (Å²) in [7, 11) is 0. The Balaban J connectivity index is 1.36. The fourth-order valence-electron chi connectivity index (χ4n) is 5.41. The van der Waals surface area contributed by atoms with Gasteiger partial charge in [0, 0.05) is 17.6 Å². The van der Waals surface area contributed by atoms with Crippen molar-refractivity contribution < 1.29 is 14.6 Å². The van der Waals surface area contributed by atoms with E-state index in [-0.39, 0.29) is 11.2 Å². The van der Waals surface area contributed by atoms with Crippen LogP contribution in [0.3, 0.4) is 0 Å². The number of fused-ring (bicyclic) bond motifs is 4. The standard InChI is InChI=1S/C30H28N2O3/c1-29(2)25-11-6-7-12-26(25)32(17-8-18-34-23-9-4-3-5-10-23)30(29)20-31-28-24-19-22(33)15-13-21(24)14-16-27(28)35-30/h3-7,9-16,19-20,33H,8,17-18H2,1-2H3. The van der Waals surface area contributed by atoms with Crippen molar-refractivity contribution in [3.8, 4) is 17.2 Å². The van der Waals surface area contributed by atoms with Crippen LogP contribution in [0, 0.1) is 0 Å². The summed E-state index contributed by atoms with van der Waals surface area (Å²) in [5, 5.41) is 12.0. The molecule has 0 saturated heterocycles. The van der Waals surface area contributed by atoms with Crippen LogP contribution in [0.15, 0.2) is 89.9 Å². The summed E-state index contributed by atoms with van der Waals surface area (Å²) >= 11 is 0. The van der Waals surface area contributed by atoms with E-state index in [1.54, 1.807) is 12.1 Å². The summed E-state index contributed by atoms with van der Waals surface area (Å²) in [5.74, 6) is 1.82. The maximum absolute atomic E-state index is 10.1. The highest BCUT2D eigenvalue weighted by Gasteiger charge is 2.59. The molecule has 5 heteroatoms. The third kappa shape index (κ3) is 3.34. The Bertz CT molecular complexity index is 1430. The summed E-state index contributed by atoms with van der Waals surface area (Å²) < 4.78 is 12.9. The second-order valence-corrected chi connectivity index (χ2v) is 9.68. The molecule has 5 nitrogen and oxygen atoms in total. The number of phenols is 1. The first-order valence-electron chi connectivity index (χ1n) is 12.0. The van der Waals surface area contributed by atoms with Crippen LogP contribution in [0.5, 0.6) is 17.2 Å². The van der Waals surface area contributed by atoms with Crippen LogP contribution >= 0.6 is 0 Å². The van der Waals surface area contributed by atoms with Crippen LogP contribution in [-0.2, 0) is 5.41 Å². The Labute approximate surface area is 205 Å². The van der Waals surface area contributed by atoms with Gasteiger partial charge < -0.3 is 19.5 Å². The fourth-order valence-corrected chi connectivity index (χ4v) is 5.41. The molecule has 1 spiro atoms. The Morgan fingerprint density at radius 2 is 1.71 bits per heavy atom. The van der Waals surface area contributed by atoms with Crippen LogP contribution in [0.4, 0.5) is 11.4 Å². The highest BCUT2D eigenvalue weighted by molar-refractivity contribution is 6.00. The second-order valence-electron chi connectivity index (χ2n) is 9.68. The highest BCUT2D eigenvalue weighted by atomic mass is 16.5. The van der Waals surface area contributed by atoms with Gasteiger partial charge in [0.15, 0.2) is 0 Å². The molecule has 6 rings (SSSR count). The average molecular weight is 465 g/mol. The molecule has 0 amide bonds. The third-order valence-electron chi connectivity index (χ3n) is 7.28. The van der Waals surface area contributed by atoms with Crippen LogP contribution in [-0.4, -0.2) is 30.2 Å². The Kier molecular flexibility index (Phi) is 4.95. The molecule has 0 radical (unpaired) electrons. The molecule has 2 aliphatic heterocycles. The van der Waals surface area contributed by atoms with E-state index in [4.69, 9.17) is 14.5 Å². The van der Waals surface area contributed by atoms with Crippen molar-refractivity contribution >= 4 is 28.4 Å². The number of nitrogens with zero attached hydrogens (tertiary/aromatic N) is 2. The van der Waals surface area contributed by atoms with Gasteiger partial charge in [0.1, 0.15) is 22.9 Å². The summed E-state index contributed by atoms with van der Waals surface area (Å²) in [6, 6.07) is 27.8. The second kappa shape index (κ2) is 8.05. The smallest absolute Gasteiger partial charge is 0.228 e. The van der Waals surface area contributed by atoms with Crippen molar-refractivity contribution in [1.82, 2.24) is 0 Å². The lowest BCUT2D eigenvalue weighted by atomic mass is 9.77. The van der Waals surface area contributed by atoms with Gasteiger partial charge in [-0.1, -0.05) is 48.5 Å². The van der Waals surface area contributed by atoms with Crippen LogP contribution < -0.4 is 14.4 Å². The molecule has 2 heterocycles. The number of aromatic hydroxyl groups is 1. The van der Waals surface area contributed by atoms with Gasteiger partial charge in [-0.05, 0) is 67.6 Å². The molecule has 1 unspecified atom stereocenters. The Hall–Kier alpha value is -3.99. The monoisotopic (exact) mass is 464 g/mol. The molecular formula is C30H28N2O3. The van der Waals surface area contributed by atoms with Crippen molar-refractivity contribution in [2.75, 3.05) is 18.1 Å². The minimum Gasteiger partial charge on any atom is -0.508 e. The van der Waals surface area contributed by atoms with Crippen molar-refractivity contribution in [2.45, 2.75) is 31.4 Å². The Morgan fingerprint density at radius 1 is 0.943 bits per heavy atom. The van der Waals surface area contributed by atoms with E-state index >= 15 is 0 Å². The lowest BCUT2D eigenvalue weighted by Gasteiger charge is -2.46. The zero-order chi connectivity index (χ0) is 24.0. The zero-order valence-electron chi connectivity index (χ0n) is 19.9. The highest BCUT2D eigenvalue weighted by Crippen LogP contribution is 2.54. The molecule has 0 bridgehead atoms. The topological polar surface area (TPSA) is 54.3 Å². The molecule has 0 aromatic heterocycles. The van der Waals surface area contributed by atoms with E-state index in [1.807, 2.05) is 54.7 Å². The molecule has 1 N–H and O–H groups in total. The first-order chi connectivity index (χ1) is 17.0. The van der Waals surface area contributed by atoms with Gasteiger partial charge >= 0.3 is 0 Å². The predicted molar refractivity (Wildman–Crippen MR) is 140 cm³/mol. The van der Waals surface area contributed by atoms with Crippen molar-refractivity contribution in [3.05, 3.63) is 90.5 Å². The van der Waals surface area contributed by atoms with E-state index in [0.29, 0.717) is 6.61 Å². The van der Waals surface area contributed by atoms with E-state index in [0.717, 1.165) is 46.6 Å². The molecule has 0 saturated carbocycles. The molecule has 176 valence electrons. The number of hydrogen-bond acceptors (Lipinski definition) is 5. The zero-order valence-corrected chi connectivity index (χ0v) is 19.9. The molecule has 4 aromatic carbocycles. The molecule has 35 heavy (non-hydrogen) atoms. The van der Waals surface area contributed by atoms with Crippen molar-refractivity contribution in [2.24, 2.45) is 4.99 Å². The molecule has 0 fully saturated rings. The van der Waals surface area contributed by atoms with E-state index < -0.39 is 5.72 Å². The number of para-hydroxylation sites is 2. The minimum atomic E-state index is -0.777. The van der Waals surface area contributed by atoms with Crippen molar-refractivity contribution in [3.63, 3.8) is 0 Å². The first kappa shape index (κ1) is 21.5. The number of aliphatic imine (C=N–C) groups is 1. The minimum absolute atomic E-state index is 0.218. The summed E-state index contributed by atoms with van der Waals surface area (Å²) in [4.78, 5) is 7.30. The molecule has 2 aliphatic rings. The molecular weight excluding hydrogens is 436 g/mol. The lowest BCUT2D eigenvalue weighted by molar-refractivity contribution is 0.0768. The average Bonchev–Trinajstić information content (AvgIpc) is 3.05. The summed E-state index contributed by atoms with van der Waals surface area (Å²) in [5.41, 5.74) is 2.02. The number of rotatable bonds is 5. The van der Waals surface area contributed by atoms with Gasteiger partial charge in [-0.25, -0.2) is 0 Å². The van der Waals surface area contributed by atoms with Gasteiger partial charge in [0.05, 0.1) is 18.2 Å². The molecule has 1 atom stereocenters. The number of anilines is 1. The maximum Gasteiger partial charge on any atom is 0.228 e. The SMILES string of the molecule is CC1(C)c2ccccc2N(CCCOc2ccccc2)C12C=Nc1c(ccc3ccc(O)cc13)O2. The lowest BCUT2D eigenvalue weighted by Crippen LogP contribution is -2.62. The normalized spacial score (nSPS) is 19.4. The largest absolute Gasteiger partial charge is 0.508 e. The summed E-state index contributed by atoms with van der Waals surface area (Å²) in [6.45, 7) is 5.80. The quantitative estimate of drug-likeness (QED) is 0.338. The van der Waals surface area contributed by atoms with E-state index in [1.165, 1.54) is 5.56 Å². The van der Waals surface area contributed by atoms with Gasteiger partial charge in [-0.2, -0.15) is 0 Å². The van der Waals surface area contributed by atoms with Crippen LogP contribution in [0.2, 0.25) is 0 Å². The third-order valence-corrected chi connectivity index (χ3v) is 7.28. The van der Waals surface area contributed by atoms with Gasteiger partial charge in [0.2, 0.25) is 5.72 Å². The number of benzene rings is 4. The number of phenolic OH excluding ortho intramolecular Hbond substituents is 1. The maximum atomic E-state index is 10.1. The molecule has 4 aromatic rings. The first-order valence-corrected chi connectivity index (χ1v) is 12.0. The van der Waals surface area contributed by atoms with Gasteiger partial charge in [-0.3, -0.25) is 4.99 Å². The predicted octanol–water partition coefficient (Wildman–Crippen LogP) is 6.60. The van der Waals surface area contributed by atoms with E-state index in [9.17, 15) is 5.11 Å².